The molecule has 9 N–H and O–H groups in total. The van der Waals surface area contributed by atoms with Crippen LogP contribution in [0.4, 0.5) is 0 Å². The molecule has 2 saturated heterocycles. The average molecular weight is 580 g/mol. The fraction of sp³-hybridized carbons (Fsp3) is 0.423. The van der Waals surface area contributed by atoms with Crippen LogP contribution in [0.25, 0.3) is 22.3 Å². The van der Waals surface area contributed by atoms with Crippen molar-refractivity contribution in [1.82, 2.24) is 0 Å². The second kappa shape index (κ2) is 11.0. The summed E-state index contributed by atoms with van der Waals surface area (Å²) in [6.07, 6.45) is -13.7. The highest BCUT2D eigenvalue weighted by Crippen LogP contribution is 2.40. The van der Waals surface area contributed by atoms with Crippen molar-refractivity contribution in [2.75, 3.05) is 6.61 Å². The molecule has 0 spiro atoms. The number of aliphatic hydroxyl groups is 5. The minimum absolute atomic E-state index is 0.00354. The second-order valence-corrected chi connectivity index (χ2v) is 9.75. The molecular weight excluding hydrogens is 552 g/mol. The smallest absolute Gasteiger partial charge is 0.239 e. The molecule has 9 atom stereocenters. The van der Waals surface area contributed by atoms with Gasteiger partial charge < -0.3 is 69.3 Å². The van der Waals surface area contributed by atoms with Gasteiger partial charge in [0.1, 0.15) is 53.0 Å². The van der Waals surface area contributed by atoms with Gasteiger partial charge >= 0.3 is 0 Å². The maximum Gasteiger partial charge on any atom is 0.239 e. The van der Waals surface area contributed by atoms with Crippen molar-refractivity contribution in [2.24, 2.45) is 0 Å². The molecule has 0 radical (unpaired) electrons. The number of benzene rings is 2. The highest BCUT2D eigenvalue weighted by Gasteiger charge is 2.51. The first-order valence-electron chi connectivity index (χ1n) is 12.4. The Morgan fingerprint density at radius 1 is 0.829 bits per heavy atom. The van der Waals surface area contributed by atoms with Gasteiger partial charge in [0, 0.05) is 17.7 Å². The van der Waals surface area contributed by atoms with Gasteiger partial charge in [0.25, 0.3) is 0 Å². The molecule has 0 amide bonds. The van der Waals surface area contributed by atoms with Gasteiger partial charge in [-0.1, -0.05) is 0 Å². The van der Waals surface area contributed by atoms with E-state index in [4.69, 9.17) is 23.4 Å². The van der Waals surface area contributed by atoms with Gasteiger partial charge in [-0.05, 0) is 25.1 Å². The van der Waals surface area contributed by atoms with E-state index in [0.717, 1.165) is 24.3 Å². The minimum Gasteiger partial charge on any atom is -0.508 e. The molecular formula is C26H28O15. The number of phenolic OH excluding ortho intramolecular Hbond substituents is 4. The van der Waals surface area contributed by atoms with Crippen molar-refractivity contribution in [3.63, 3.8) is 0 Å². The lowest BCUT2D eigenvalue weighted by Crippen LogP contribution is -2.59. The Morgan fingerprint density at radius 2 is 1.56 bits per heavy atom. The van der Waals surface area contributed by atoms with E-state index >= 15 is 0 Å². The van der Waals surface area contributed by atoms with E-state index in [9.17, 15) is 50.8 Å². The molecule has 2 aliphatic rings. The van der Waals surface area contributed by atoms with Gasteiger partial charge in [-0.3, -0.25) is 4.79 Å². The van der Waals surface area contributed by atoms with Gasteiger partial charge in [0.05, 0.1) is 12.7 Å². The van der Waals surface area contributed by atoms with E-state index in [1.807, 2.05) is 0 Å². The number of aliphatic hydroxyl groups excluding tert-OH is 5. The summed E-state index contributed by atoms with van der Waals surface area (Å²) in [7, 11) is 0. The van der Waals surface area contributed by atoms with Crippen molar-refractivity contribution >= 4 is 11.0 Å². The molecule has 0 unspecified atom stereocenters. The lowest BCUT2D eigenvalue weighted by molar-refractivity contribution is -0.316. The number of ether oxygens (including phenoxy) is 4. The van der Waals surface area contributed by atoms with Crippen LogP contribution in [0.3, 0.4) is 0 Å². The Hall–Kier alpha value is -3.67. The van der Waals surface area contributed by atoms with Crippen LogP contribution in [-0.4, -0.2) is 108 Å². The number of hydrogen-bond acceptors (Lipinski definition) is 15. The van der Waals surface area contributed by atoms with Crippen molar-refractivity contribution in [3.05, 3.63) is 40.6 Å². The normalized spacial score (nSPS) is 31.9. The number of rotatable bonds is 6. The van der Waals surface area contributed by atoms with Crippen LogP contribution in [0.15, 0.2) is 39.5 Å². The topological polar surface area (TPSA) is 249 Å². The largest absolute Gasteiger partial charge is 0.508 e. The summed E-state index contributed by atoms with van der Waals surface area (Å²) in [4.78, 5) is 13.6. The molecule has 0 aliphatic carbocycles. The third kappa shape index (κ3) is 5.13. The van der Waals surface area contributed by atoms with E-state index < -0.39 is 101 Å². The zero-order valence-corrected chi connectivity index (χ0v) is 21.3. The summed E-state index contributed by atoms with van der Waals surface area (Å²) >= 11 is 0. The number of hydrogen-bond donors (Lipinski definition) is 9. The maximum absolute atomic E-state index is 13.6. The summed E-state index contributed by atoms with van der Waals surface area (Å²) in [5.74, 6) is -3.13. The first-order valence-corrected chi connectivity index (χ1v) is 12.4. The summed E-state index contributed by atoms with van der Waals surface area (Å²) in [6.45, 7) is 0.684. The van der Waals surface area contributed by atoms with Gasteiger partial charge in [0.15, 0.2) is 29.7 Å². The summed E-state index contributed by atoms with van der Waals surface area (Å²) in [6, 6.07) is 5.36. The quantitative estimate of drug-likeness (QED) is 0.158. The van der Waals surface area contributed by atoms with Crippen LogP contribution in [0.1, 0.15) is 6.92 Å². The molecule has 222 valence electrons. The highest BCUT2D eigenvalue weighted by molar-refractivity contribution is 5.88. The molecule has 3 aromatic rings. The summed E-state index contributed by atoms with van der Waals surface area (Å²) in [5, 5.41) is 90.7. The van der Waals surface area contributed by atoms with Gasteiger partial charge in [-0.25, -0.2) is 0 Å². The zero-order valence-electron chi connectivity index (χ0n) is 21.3. The Bertz CT molecular complexity index is 1490. The van der Waals surface area contributed by atoms with E-state index in [1.165, 1.54) is 13.0 Å². The molecule has 5 rings (SSSR count). The zero-order chi connectivity index (χ0) is 29.7. The Balaban J connectivity index is 1.59. The Morgan fingerprint density at radius 3 is 2.24 bits per heavy atom. The molecule has 0 bridgehead atoms. The van der Waals surface area contributed by atoms with E-state index in [2.05, 4.69) is 0 Å². The van der Waals surface area contributed by atoms with Crippen molar-refractivity contribution in [3.8, 4) is 40.1 Å². The van der Waals surface area contributed by atoms with Crippen molar-refractivity contribution < 1.29 is 69.3 Å². The second-order valence-electron chi connectivity index (χ2n) is 9.75. The fourth-order valence-corrected chi connectivity index (χ4v) is 4.72. The summed E-state index contributed by atoms with van der Waals surface area (Å²) < 4.78 is 28.3. The predicted molar refractivity (Wildman–Crippen MR) is 134 cm³/mol. The molecule has 2 aromatic carbocycles. The molecule has 2 fully saturated rings. The van der Waals surface area contributed by atoms with Crippen LogP contribution in [0.2, 0.25) is 0 Å². The SMILES string of the molecule is C[C@H]1O[C@@H](O[C@@H]2[C@H](Oc3c(-c4ccc(O)c(O)c4)oc4cc(O)cc(O)c4c3=O)O[C@@H](CO)[C@H]2O)[C@H](O)[C@H](O)[C@H]1O. The monoisotopic (exact) mass is 580 g/mol. The van der Waals surface area contributed by atoms with E-state index in [-0.39, 0.29) is 16.9 Å². The van der Waals surface area contributed by atoms with Gasteiger partial charge in [-0.2, -0.15) is 0 Å². The van der Waals surface area contributed by atoms with Crippen LogP contribution in [0.5, 0.6) is 28.7 Å². The fourth-order valence-electron chi connectivity index (χ4n) is 4.72. The highest BCUT2D eigenvalue weighted by atomic mass is 16.8. The van der Waals surface area contributed by atoms with Crippen LogP contribution >= 0.6 is 0 Å². The lowest BCUT2D eigenvalue weighted by atomic mass is 10.00. The molecule has 15 heteroatoms. The Kier molecular flexibility index (Phi) is 7.71. The molecule has 3 heterocycles. The van der Waals surface area contributed by atoms with E-state index in [1.54, 1.807) is 0 Å². The molecule has 41 heavy (non-hydrogen) atoms. The molecule has 15 nitrogen and oxygen atoms in total. The van der Waals surface area contributed by atoms with Gasteiger partial charge in [0.2, 0.25) is 17.5 Å². The third-order valence-electron chi connectivity index (χ3n) is 6.96. The molecule has 0 saturated carbocycles. The minimum atomic E-state index is -1.77. The first kappa shape index (κ1) is 28.8. The molecule has 2 aliphatic heterocycles. The van der Waals surface area contributed by atoms with Crippen LogP contribution in [0, 0.1) is 0 Å². The predicted octanol–water partition coefficient (Wildman–Crippen LogP) is -1.05. The van der Waals surface area contributed by atoms with Gasteiger partial charge in [-0.15, -0.1) is 0 Å². The van der Waals surface area contributed by atoms with Crippen LogP contribution in [-0.2, 0) is 14.2 Å². The number of phenols is 4. The van der Waals surface area contributed by atoms with Crippen molar-refractivity contribution in [2.45, 2.75) is 62.2 Å². The number of fused-ring (bicyclic) bond motifs is 1. The standard InChI is InChI=1S/C26H28O15/c1-8-17(32)20(35)21(36)25(37-8)41-24-18(33)15(7-27)39-26(24)40-23-19(34)16-13(31)5-10(28)6-14(16)38-22(23)9-2-3-11(29)12(30)4-9/h2-6,8,15,17-18,20-21,24-33,35-36H,7H2,1H3/t8-,15+,17+,18-,20-,21-,24+,25+,26+/m1/s1. The van der Waals surface area contributed by atoms with Crippen LogP contribution < -0.4 is 10.2 Å². The molecule has 1 aromatic heterocycles. The lowest BCUT2D eigenvalue weighted by Gasteiger charge is -2.40. The van der Waals surface area contributed by atoms with Crippen molar-refractivity contribution in [1.29, 1.82) is 0 Å². The summed E-state index contributed by atoms with van der Waals surface area (Å²) in [5.41, 5.74) is -1.24. The van der Waals surface area contributed by atoms with E-state index in [0.29, 0.717) is 0 Å². The number of aromatic hydroxyl groups is 4. The maximum atomic E-state index is 13.6. The first-order chi connectivity index (χ1) is 19.4. The third-order valence-corrected chi connectivity index (χ3v) is 6.96. The average Bonchev–Trinajstić information content (AvgIpc) is 3.22. The Labute approximate surface area is 230 Å².